The predicted octanol–water partition coefficient (Wildman–Crippen LogP) is -1.33. The summed E-state index contributed by atoms with van der Waals surface area (Å²) in [5.74, 6) is -0.0454. The lowest BCUT2D eigenvalue weighted by Gasteiger charge is -2.16. The third-order valence-electron chi connectivity index (χ3n) is 3.19. The molecule has 9 nitrogen and oxygen atoms in total. The molecule has 1 fully saturated rings. The van der Waals surface area contributed by atoms with Gasteiger partial charge in [-0.3, -0.25) is 4.57 Å². The minimum atomic E-state index is -1.24. The highest BCUT2D eigenvalue weighted by Crippen LogP contribution is 2.32. The van der Waals surface area contributed by atoms with Gasteiger partial charge in [0, 0.05) is 0 Å². The number of anilines is 1. The van der Waals surface area contributed by atoms with Gasteiger partial charge in [0.2, 0.25) is 5.95 Å². The molecule has 0 spiro atoms. The Balaban J connectivity index is 2.07. The molecule has 2 aromatic heterocycles. The number of nitrogens with two attached hydrogens (primary N) is 1. The number of nitrogens with zero attached hydrogens (tertiary/aromatic N) is 4. The van der Waals surface area contributed by atoms with Gasteiger partial charge >= 0.3 is 0 Å². The van der Waals surface area contributed by atoms with E-state index in [4.69, 9.17) is 27.2 Å². The molecule has 2 aromatic rings. The van der Waals surface area contributed by atoms with Crippen LogP contribution in [0.5, 0.6) is 0 Å². The van der Waals surface area contributed by atoms with Crippen molar-refractivity contribution < 1.29 is 20.1 Å². The Morgan fingerprint density at radius 3 is 2.75 bits per heavy atom. The molecule has 0 unspecified atom stereocenters. The smallest absolute Gasteiger partial charge is 0.223 e. The van der Waals surface area contributed by atoms with Gasteiger partial charge < -0.3 is 25.8 Å². The number of rotatable bonds is 2. The van der Waals surface area contributed by atoms with E-state index < -0.39 is 31.1 Å². The van der Waals surface area contributed by atoms with Gasteiger partial charge in [-0.25, -0.2) is 4.98 Å². The summed E-state index contributed by atoms with van der Waals surface area (Å²) in [6, 6.07) is 0. The lowest BCUT2D eigenvalue weighted by Crippen LogP contribution is -2.33. The number of imidazole rings is 1. The lowest BCUT2D eigenvalue weighted by atomic mass is 10.1. The maximum absolute atomic E-state index is 9.99. The molecule has 10 heteroatoms. The van der Waals surface area contributed by atoms with E-state index in [-0.39, 0.29) is 16.7 Å². The molecule has 3 heterocycles. The maximum atomic E-state index is 9.99. The standard InChI is InChI=1S/C10H12ClN5O4/c11-7-4-8(15-10(12)14-7)16(2-13-4)9-6(19)5(18)3(1-17)20-9/h2-3,5-6,9,17-19H,1H2,(H2,12,14,15)/t3-,5+,6-,9+/m1/s1. The van der Waals surface area contributed by atoms with Gasteiger partial charge in [0.1, 0.15) is 23.8 Å². The van der Waals surface area contributed by atoms with Crippen molar-refractivity contribution in [3.63, 3.8) is 0 Å². The van der Waals surface area contributed by atoms with Crippen molar-refractivity contribution in [1.29, 1.82) is 0 Å². The van der Waals surface area contributed by atoms with Crippen LogP contribution in [0.4, 0.5) is 5.95 Å². The van der Waals surface area contributed by atoms with Gasteiger partial charge in [0.05, 0.1) is 12.9 Å². The van der Waals surface area contributed by atoms with Crippen LogP contribution in [0.25, 0.3) is 11.2 Å². The lowest BCUT2D eigenvalue weighted by molar-refractivity contribution is -0.0511. The molecule has 0 bridgehead atoms. The molecule has 0 amide bonds. The van der Waals surface area contributed by atoms with E-state index in [1.165, 1.54) is 10.9 Å². The van der Waals surface area contributed by atoms with Crippen LogP contribution in [-0.2, 0) is 4.74 Å². The Kier molecular flexibility index (Phi) is 3.22. The zero-order chi connectivity index (χ0) is 14.4. The van der Waals surface area contributed by atoms with Crippen molar-refractivity contribution in [2.24, 2.45) is 0 Å². The molecular formula is C10H12ClN5O4. The van der Waals surface area contributed by atoms with Gasteiger partial charge in [0.25, 0.3) is 0 Å². The molecule has 0 aromatic carbocycles. The van der Waals surface area contributed by atoms with Crippen LogP contribution in [0.1, 0.15) is 6.23 Å². The quantitative estimate of drug-likeness (QED) is 0.500. The Morgan fingerprint density at radius 1 is 1.35 bits per heavy atom. The zero-order valence-corrected chi connectivity index (χ0v) is 10.8. The van der Waals surface area contributed by atoms with Crippen LogP contribution in [-0.4, -0.2) is 59.8 Å². The topological polar surface area (TPSA) is 140 Å². The summed E-state index contributed by atoms with van der Waals surface area (Å²) in [6.45, 7) is -0.417. The van der Waals surface area contributed by atoms with Crippen molar-refractivity contribution >= 4 is 28.7 Å². The average Bonchev–Trinajstić information content (AvgIpc) is 2.93. The highest BCUT2D eigenvalue weighted by Gasteiger charge is 2.44. The molecule has 4 atom stereocenters. The average molecular weight is 302 g/mol. The summed E-state index contributed by atoms with van der Waals surface area (Å²) in [5, 5.41) is 28.9. The predicted molar refractivity (Wildman–Crippen MR) is 67.8 cm³/mol. The Morgan fingerprint density at radius 2 is 2.10 bits per heavy atom. The highest BCUT2D eigenvalue weighted by atomic mass is 35.5. The molecule has 20 heavy (non-hydrogen) atoms. The fourth-order valence-electron chi connectivity index (χ4n) is 2.19. The molecule has 0 saturated carbocycles. The van der Waals surface area contributed by atoms with E-state index in [1.54, 1.807) is 0 Å². The number of ether oxygens (including phenoxy) is 1. The van der Waals surface area contributed by atoms with E-state index >= 15 is 0 Å². The first-order valence-corrected chi connectivity index (χ1v) is 6.18. The third-order valence-corrected chi connectivity index (χ3v) is 3.45. The highest BCUT2D eigenvalue weighted by molar-refractivity contribution is 6.33. The second kappa shape index (κ2) is 4.79. The van der Waals surface area contributed by atoms with Crippen LogP contribution < -0.4 is 5.73 Å². The summed E-state index contributed by atoms with van der Waals surface area (Å²) in [4.78, 5) is 11.8. The fourth-order valence-corrected chi connectivity index (χ4v) is 2.41. The number of halogens is 1. The Bertz CT molecular complexity index is 650. The molecule has 0 aliphatic carbocycles. The maximum Gasteiger partial charge on any atom is 0.223 e. The van der Waals surface area contributed by atoms with Crippen LogP contribution in [0.3, 0.4) is 0 Å². The largest absolute Gasteiger partial charge is 0.394 e. The number of hydrogen-bond acceptors (Lipinski definition) is 8. The van der Waals surface area contributed by atoms with Crippen molar-refractivity contribution in [2.75, 3.05) is 12.3 Å². The fraction of sp³-hybridized carbons (Fsp3) is 0.500. The zero-order valence-electron chi connectivity index (χ0n) is 10.1. The second-order valence-electron chi connectivity index (χ2n) is 4.43. The van der Waals surface area contributed by atoms with E-state index in [0.717, 1.165) is 0 Å². The van der Waals surface area contributed by atoms with E-state index in [0.29, 0.717) is 5.52 Å². The van der Waals surface area contributed by atoms with Gasteiger partial charge in [-0.2, -0.15) is 9.97 Å². The number of fused-ring (bicyclic) bond motifs is 1. The molecule has 1 aliphatic heterocycles. The first kappa shape index (κ1) is 13.5. The summed E-state index contributed by atoms with van der Waals surface area (Å²) in [5.41, 5.74) is 6.11. The van der Waals surface area contributed by atoms with Gasteiger partial charge in [-0.15, -0.1) is 0 Å². The van der Waals surface area contributed by atoms with Gasteiger partial charge in [0.15, 0.2) is 17.0 Å². The Hall–Kier alpha value is -1.52. The molecule has 3 rings (SSSR count). The minimum absolute atomic E-state index is 0.0454. The van der Waals surface area contributed by atoms with Crippen LogP contribution in [0.15, 0.2) is 6.33 Å². The summed E-state index contributed by atoms with van der Waals surface area (Å²) in [7, 11) is 0. The first-order valence-electron chi connectivity index (χ1n) is 5.81. The van der Waals surface area contributed by atoms with E-state index in [2.05, 4.69) is 15.0 Å². The van der Waals surface area contributed by atoms with Crippen LogP contribution in [0, 0.1) is 0 Å². The van der Waals surface area contributed by atoms with Crippen LogP contribution >= 0.6 is 11.6 Å². The number of aromatic nitrogens is 4. The normalized spacial score (nSPS) is 30.2. The van der Waals surface area contributed by atoms with Gasteiger partial charge in [-0.05, 0) is 0 Å². The summed E-state index contributed by atoms with van der Waals surface area (Å²) >= 11 is 5.90. The van der Waals surface area contributed by atoms with Crippen molar-refractivity contribution in [2.45, 2.75) is 24.5 Å². The van der Waals surface area contributed by atoms with Gasteiger partial charge in [-0.1, -0.05) is 11.6 Å². The Labute approximate surface area is 117 Å². The molecule has 5 N–H and O–H groups in total. The van der Waals surface area contributed by atoms with Crippen molar-refractivity contribution in [3.8, 4) is 0 Å². The van der Waals surface area contributed by atoms with Crippen molar-refractivity contribution in [1.82, 2.24) is 19.5 Å². The molecule has 1 saturated heterocycles. The third kappa shape index (κ3) is 1.91. The van der Waals surface area contributed by atoms with Crippen LogP contribution in [0.2, 0.25) is 5.15 Å². The molecular weight excluding hydrogens is 290 g/mol. The number of nitrogen functional groups attached to an aromatic ring is 1. The SMILES string of the molecule is Nc1nc(Cl)c2ncn([C@H]3O[C@H](CO)[C@H](O)[C@H]3O)c2n1. The number of hydrogen-bond donors (Lipinski definition) is 4. The van der Waals surface area contributed by atoms with Crippen molar-refractivity contribution in [3.05, 3.63) is 11.5 Å². The molecule has 0 radical (unpaired) electrons. The first-order chi connectivity index (χ1) is 9.52. The number of aliphatic hydroxyl groups is 3. The molecule has 108 valence electrons. The second-order valence-corrected chi connectivity index (χ2v) is 4.78. The van der Waals surface area contributed by atoms with E-state index in [1.807, 2.05) is 0 Å². The summed E-state index contributed by atoms with van der Waals surface area (Å²) in [6.07, 6.45) is -2.93. The monoisotopic (exact) mass is 301 g/mol. The number of aliphatic hydroxyl groups excluding tert-OH is 3. The minimum Gasteiger partial charge on any atom is -0.394 e. The summed E-state index contributed by atoms with van der Waals surface area (Å²) < 4.78 is 6.79. The van der Waals surface area contributed by atoms with E-state index in [9.17, 15) is 10.2 Å². The molecule has 1 aliphatic rings.